The minimum absolute atomic E-state index is 0.223. The van der Waals surface area contributed by atoms with Crippen LogP contribution in [0, 0.1) is 19.7 Å². The Morgan fingerprint density at radius 2 is 1.83 bits per heavy atom. The van der Waals surface area contributed by atoms with Crippen LogP contribution in [0.4, 0.5) is 14.9 Å². The van der Waals surface area contributed by atoms with E-state index in [1.54, 1.807) is 24.3 Å². The fourth-order valence-electron chi connectivity index (χ4n) is 2.37. The zero-order valence-electron chi connectivity index (χ0n) is 12.7. The van der Waals surface area contributed by atoms with Crippen molar-refractivity contribution in [2.45, 2.75) is 13.8 Å². The molecule has 3 nitrogen and oxygen atoms in total. The van der Waals surface area contributed by atoms with E-state index in [0.717, 1.165) is 27.8 Å². The van der Waals surface area contributed by atoms with Gasteiger partial charge in [0.15, 0.2) is 0 Å². The zero-order valence-corrected chi connectivity index (χ0v) is 13.5. The number of carbonyl (C=O) groups is 2. The predicted molar refractivity (Wildman–Crippen MR) is 90.8 cm³/mol. The maximum absolute atomic E-state index is 13.7. The van der Waals surface area contributed by atoms with E-state index in [-0.39, 0.29) is 10.1 Å². The smallest absolute Gasteiger partial charge is 0.268 e. The summed E-state index contributed by atoms with van der Waals surface area (Å²) in [5, 5.41) is -0.369. The van der Waals surface area contributed by atoms with Crippen molar-refractivity contribution >= 4 is 34.7 Å². The van der Waals surface area contributed by atoms with Crippen molar-refractivity contribution in [3.63, 3.8) is 0 Å². The van der Waals surface area contributed by atoms with E-state index in [4.69, 9.17) is 0 Å². The number of halogens is 1. The van der Waals surface area contributed by atoms with E-state index in [0.29, 0.717) is 11.3 Å². The quantitative estimate of drug-likeness (QED) is 0.751. The Kier molecular flexibility index (Phi) is 4.05. The number of amides is 2. The van der Waals surface area contributed by atoms with Gasteiger partial charge < -0.3 is 0 Å². The molecule has 0 N–H and O–H groups in total. The molecule has 2 aromatic rings. The number of aryl methyl sites for hydroxylation is 2. The van der Waals surface area contributed by atoms with Crippen molar-refractivity contribution in [2.24, 2.45) is 0 Å². The molecule has 0 bridgehead atoms. The van der Waals surface area contributed by atoms with Crippen LogP contribution in [0.1, 0.15) is 16.7 Å². The molecule has 2 aromatic carbocycles. The highest BCUT2D eigenvalue weighted by Gasteiger charge is 2.37. The molecule has 0 atom stereocenters. The lowest BCUT2D eigenvalue weighted by Gasteiger charge is -2.16. The molecule has 0 aliphatic carbocycles. The summed E-state index contributed by atoms with van der Waals surface area (Å²) in [5.74, 6) is -0.844. The first-order valence-corrected chi connectivity index (χ1v) is 7.89. The van der Waals surface area contributed by atoms with E-state index >= 15 is 0 Å². The van der Waals surface area contributed by atoms with Gasteiger partial charge in [-0.05, 0) is 54.9 Å². The molecule has 0 unspecified atom stereocenters. The van der Waals surface area contributed by atoms with E-state index in [2.05, 4.69) is 0 Å². The van der Waals surface area contributed by atoms with Gasteiger partial charge in [0.25, 0.3) is 11.1 Å². The molecule has 1 heterocycles. The van der Waals surface area contributed by atoms with E-state index in [1.807, 2.05) is 26.0 Å². The van der Waals surface area contributed by atoms with Gasteiger partial charge in [0.05, 0.1) is 10.6 Å². The van der Waals surface area contributed by atoms with Crippen molar-refractivity contribution in [2.75, 3.05) is 4.90 Å². The van der Waals surface area contributed by atoms with Gasteiger partial charge in [-0.3, -0.25) is 9.59 Å². The van der Waals surface area contributed by atoms with Gasteiger partial charge in [-0.15, -0.1) is 0 Å². The first kappa shape index (κ1) is 15.5. The largest absolute Gasteiger partial charge is 0.298 e. The topological polar surface area (TPSA) is 37.4 Å². The number of thioether (sulfide) groups is 1. The fraction of sp³-hybridized carbons (Fsp3) is 0.111. The van der Waals surface area contributed by atoms with Crippen molar-refractivity contribution in [1.82, 2.24) is 0 Å². The lowest BCUT2D eigenvalue weighted by Crippen LogP contribution is -2.28. The highest BCUT2D eigenvalue weighted by atomic mass is 32.2. The van der Waals surface area contributed by atoms with E-state index in [9.17, 15) is 14.0 Å². The minimum atomic E-state index is -0.425. The van der Waals surface area contributed by atoms with Gasteiger partial charge in [-0.2, -0.15) is 0 Å². The van der Waals surface area contributed by atoms with Crippen molar-refractivity contribution in [1.29, 1.82) is 0 Å². The van der Waals surface area contributed by atoms with Gasteiger partial charge in [-0.25, -0.2) is 9.29 Å². The first-order valence-electron chi connectivity index (χ1n) is 7.07. The van der Waals surface area contributed by atoms with Gasteiger partial charge in [-0.1, -0.05) is 30.3 Å². The van der Waals surface area contributed by atoms with Crippen LogP contribution in [0.3, 0.4) is 0 Å². The number of anilines is 1. The molecule has 0 saturated carbocycles. The number of nitrogens with zero attached hydrogens (tertiary/aromatic N) is 1. The summed E-state index contributed by atoms with van der Waals surface area (Å²) >= 11 is 0.827. The molecule has 1 aliphatic heterocycles. The molecule has 0 aromatic heterocycles. The second-order valence-corrected chi connectivity index (χ2v) is 6.32. The van der Waals surface area contributed by atoms with Gasteiger partial charge >= 0.3 is 0 Å². The Hall–Kier alpha value is -2.40. The van der Waals surface area contributed by atoms with E-state index < -0.39 is 11.7 Å². The summed E-state index contributed by atoms with van der Waals surface area (Å²) in [5.41, 5.74) is 2.66. The summed E-state index contributed by atoms with van der Waals surface area (Å²) in [4.78, 5) is 26.2. The van der Waals surface area contributed by atoms with Crippen LogP contribution in [0.15, 0.2) is 47.4 Å². The molecule has 1 aliphatic rings. The summed E-state index contributed by atoms with van der Waals surface area (Å²) in [6.45, 7) is 3.75. The standard InChI is InChI=1S/C18H14FNO2S/c1-11-7-8-12(2)15(9-11)20-17(21)16(23-18(20)22)10-13-5-3-4-6-14(13)19/h3-10H,1-2H3/b16-10-. The highest BCUT2D eigenvalue weighted by Crippen LogP contribution is 2.37. The van der Waals surface area contributed by atoms with Crippen LogP contribution >= 0.6 is 11.8 Å². The molecule has 5 heteroatoms. The number of benzene rings is 2. The number of imide groups is 1. The summed E-state index contributed by atoms with van der Waals surface area (Å²) in [6.07, 6.45) is 1.42. The molecule has 2 amide bonds. The molecule has 0 spiro atoms. The fourth-order valence-corrected chi connectivity index (χ4v) is 3.19. The SMILES string of the molecule is Cc1ccc(C)c(N2C(=O)S/C(=C\c3ccccc3F)C2=O)c1. The molecule has 3 rings (SSSR count). The third-order valence-corrected chi connectivity index (χ3v) is 4.46. The Bertz CT molecular complexity index is 845. The Labute approximate surface area is 137 Å². The maximum Gasteiger partial charge on any atom is 0.298 e. The van der Waals surface area contributed by atoms with Crippen LogP contribution in [0.25, 0.3) is 6.08 Å². The monoisotopic (exact) mass is 327 g/mol. The molecular formula is C18H14FNO2S. The van der Waals surface area contributed by atoms with Crippen LogP contribution in [-0.2, 0) is 4.79 Å². The highest BCUT2D eigenvalue weighted by molar-refractivity contribution is 8.19. The Balaban J connectivity index is 2.01. The van der Waals surface area contributed by atoms with Gasteiger partial charge in [0, 0.05) is 5.56 Å². The van der Waals surface area contributed by atoms with Gasteiger partial charge in [0.2, 0.25) is 0 Å². The third kappa shape index (κ3) is 2.92. The lowest BCUT2D eigenvalue weighted by molar-refractivity contribution is -0.113. The maximum atomic E-state index is 13.7. The lowest BCUT2D eigenvalue weighted by atomic mass is 10.1. The molecule has 1 fully saturated rings. The van der Waals surface area contributed by atoms with Crippen molar-refractivity contribution in [3.05, 3.63) is 69.9 Å². The molecule has 116 valence electrons. The number of hydrogen-bond donors (Lipinski definition) is 0. The van der Waals surface area contributed by atoms with Crippen LogP contribution in [-0.4, -0.2) is 11.1 Å². The summed E-state index contributed by atoms with van der Waals surface area (Å²) < 4.78 is 13.7. The molecular weight excluding hydrogens is 313 g/mol. The second kappa shape index (κ2) is 6.01. The second-order valence-electron chi connectivity index (χ2n) is 5.33. The van der Waals surface area contributed by atoms with Crippen molar-refractivity contribution in [3.8, 4) is 0 Å². The zero-order chi connectivity index (χ0) is 16.6. The first-order chi connectivity index (χ1) is 11.0. The number of hydrogen-bond acceptors (Lipinski definition) is 3. The average Bonchev–Trinajstić information content (AvgIpc) is 2.79. The summed E-state index contributed by atoms with van der Waals surface area (Å²) in [7, 11) is 0. The predicted octanol–water partition coefficient (Wildman–Crippen LogP) is 4.68. The normalized spacial score (nSPS) is 16.5. The van der Waals surface area contributed by atoms with Crippen LogP contribution in [0.2, 0.25) is 0 Å². The minimum Gasteiger partial charge on any atom is -0.268 e. The Morgan fingerprint density at radius 3 is 2.57 bits per heavy atom. The van der Waals surface area contributed by atoms with Crippen molar-refractivity contribution < 1.29 is 14.0 Å². The molecule has 23 heavy (non-hydrogen) atoms. The summed E-state index contributed by atoms with van der Waals surface area (Å²) in [6, 6.07) is 11.7. The van der Waals surface area contributed by atoms with Crippen LogP contribution < -0.4 is 4.90 Å². The number of carbonyl (C=O) groups excluding carboxylic acids is 2. The molecule has 1 saturated heterocycles. The molecule has 0 radical (unpaired) electrons. The Morgan fingerprint density at radius 1 is 1.09 bits per heavy atom. The van der Waals surface area contributed by atoms with E-state index in [1.165, 1.54) is 12.1 Å². The average molecular weight is 327 g/mol. The number of rotatable bonds is 2. The van der Waals surface area contributed by atoms with Gasteiger partial charge in [0.1, 0.15) is 5.82 Å². The third-order valence-electron chi connectivity index (χ3n) is 3.59. The van der Waals surface area contributed by atoms with Crippen LogP contribution in [0.5, 0.6) is 0 Å².